The monoisotopic (exact) mass is 419 g/mol. The molecule has 0 spiro atoms. The van der Waals surface area contributed by atoms with E-state index in [4.69, 9.17) is 23.2 Å². The zero-order valence-electron chi connectivity index (χ0n) is 10.5. The van der Waals surface area contributed by atoms with Crippen LogP contribution in [0.25, 0.3) is 0 Å². The molecule has 0 aliphatic carbocycles. The van der Waals surface area contributed by atoms with Crippen LogP contribution in [-0.4, -0.2) is 5.91 Å². The summed E-state index contributed by atoms with van der Waals surface area (Å²) in [4.78, 5) is 12.0. The first-order valence-electron chi connectivity index (χ1n) is 5.97. The van der Waals surface area contributed by atoms with Crippen molar-refractivity contribution in [1.29, 1.82) is 0 Å². The molecule has 0 aliphatic heterocycles. The van der Waals surface area contributed by atoms with Crippen molar-refractivity contribution in [2.45, 2.75) is 11.0 Å². The highest BCUT2D eigenvalue weighted by Crippen LogP contribution is 2.20. The summed E-state index contributed by atoms with van der Waals surface area (Å²) < 4.78 is 0.931. The second kappa shape index (κ2) is 7.29. The van der Waals surface area contributed by atoms with Gasteiger partial charge in [-0.15, -0.1) is 0 Å². The fraction of sp³-hybridized carbons (Fsp3) is 0.133. The lowest BCUT2D eigenvalue weighted by atomic mass is 10.1. The van der Waals surface area contributed by atoms with Gasteiger partial charge in [0.2, 0.25) is 0 Å². The molecule has 0 bridgehead atoms. The summed E-state index contributed by atoms with van der Waals surface area (Å²) in [6, 6.07) is 12.8. The van der Waals surface area contributed by atoms with E-state index < -0.39 is 0 Å². The van der Waals surface area contributed by atoms with Crippen LogP contribution < -0.4 is 5.32 Å². The Hall–Kier alpha value is -0.780. The molecule has 1 amide bonds. The van der Waals surface area contributed by atoms with E-state index in [2.05, 4.69) is 27.9 Å². The van der Waals surface area contributed by atoms with Crippen molar-refractivity contribution in [2.24, 2.45) is 0 Å². The Morgan fingerprint density at radius 2 is 1.80 bits per heavy atom. The zero-order valence-corrected chi connectivity index (χ0v) is 14.2. The van der Waals surface area contributed by atoms with Crippen molar-refractivity contribution in [3.63, 3.8) is 0 Å². The summed E-state index contributed by atoms with van der Waals surface area (Å²) in [5.41, 5.74) is 2.68. The van der Waals surface area contributed by atoms with E-state index in [1.165, 1.54) is 5.56 Å². The van der Waals surface area contributed by atoms with Crippen molar-refractivity contribution in [3.05, 3.63) is 69.2 Å². The van der Waals surface area contributed by atoms with Gasteiger partial charge in [-0.3, -0.25) is 4.79 Å². The van der Waals surface area contributed by atoms with Crippen LogP contribution in [0.3, 0.4) is 0 Å². The highest BCUT2D eigenvalue weighted by Gasteiger charge is 2.07. The maximum atomic E-state index is 12.0. The largest absolute Gasteiger partial charge is 0.348 e. The fourth-order valence-corrected chi connectivity index (χ4v) is 2.67. The van der Waals surface area contributed by atoms with Crippen molar-refractivity contribution >= 4 is 51.7 Å². The normalized spacial score (nSPS) is 10.3. The maximum absolute atomic E-state index is 12.0. The number of carbonyl (C=O) groups is 1. The molecule has 0 fully saturated rings. The molecule has 2 aromatic carbocycles. The molecule has 104 valence electrons. The van der Waals surface area contributed by atoms with Gasteiger partial charge in [-0.25, -0.2) is 0 Å². The van der Waals surface area contributed by atoms with Crippen molar-refractivity contribution in [2.75, 3.05) is 0 Å². The Kier molecular flexibility index (Phi) is 5.69. The minimum Gasteiger partial charge on any atom is -0.348 e. The Morgan fingerprint density at radius 3 is 2.40 bits per heavy atom. The smallest absolute Gasteiger partial charge is 0.251 e. The number of alkyl halides is 1. The molecule has 2 rings (SSSR count). The maximum Gasteiger partial charge on any atom is 0.251 e. The Bertz CT molecular complexity index is 614. The fourth-order valence-electron chi connectivity index (χ4n) is 1.69. The van der Waals surface area contributed by atoms with Crippen LogP contribution in [0.1, 0.15) is 21.5 Å². The minimum absolute atomic E-state index is 0.115. The molecule has 2 aromatic rings. The van der Waals surface area contributed by atoms with Crippen LogP contribution in [0.5, 0.6) is 0 Å². The summed E-state index contributed by atoms with van der Waals surface area (Å²) in [5.74, 6) is -0.115. The molecule has 0 aromatic heterocycles. The summed E-state index contributed by atoms with van der Waals surface area (Å²) in [6.07, 6.45) is 0. The quantitative estimate of drug-likeness (QED) is 0.556. The van der Waals surface area contributed by atoms with Gasteiger partial charge in [0, 0.05) is 26.6 Å². The van der Waals surface area contributed by atoms with Crippen molar-refractivity contribution in [1.82, 2.24) is 5.32 Å². The van der Waals surface area contributed by atoms with Crippen molar-refractivity contribution in [3.8, 4) is 0 Å². The van der Waals surface area contributed by atoms with Crippen molar-refractivity contribution < 1.29 is 4.79 Å². The molecule has 0 atom stereocenters. The molecule has 0 aliphatic rings. The molecule has 1 N–H and O–H groups in total. The lowest BCUT2D eigenvalue weighted by Crippen LogP contribution is -2.22. The van der Waals surface area contributed by atoms with Gasteiger partial charge in [0.05, 0.1) is 0 Å². The molecular formula is C15H12Cl2INO. The van der Waals surface area contributed by atoms with Gasteiger partial charge in [-0.05, 0) is 35.4 Å². The van der Waals surface area contributed by atoms with Crippen LogP contribution in [0.15, 0.2) is 42.5 Å². The van der Waals surface area contributed by atoms with E-state index in [0.29, 0.717) is 22.2 Å². The molecule has 0 unspecified atom stereocenters. The lowest BCUT2D eigenvalue weighted by Gasteiger charge is -2.08. The van der Waals surface area contributed by atoms with Gasteiger partial charge in [0.1, 0.15) is 0 Å². The molecule has 0 saturated heterocycles. The van der Waals surface area contributed by atoms with E-state index in [1.54, 1.807) is 12.1 Å². The summed E-state index contributed by atoms with van der Waals surface area (Å²) >= 11 is 14.2. The molecule has 0 saturated carbocycles. The van der Waals surface area contributed by atoms with Crippen LogP contribution in [-0.2, 0) is 11.0 Å². The summed E-state index contributed by atoms with van der Waals surface area (Å²) in [7, 11) is 0. The van der Waals surface area contributed by atoms with E-state index in [0.717, 1.165) is 9.99 Å². The van der Waals surface area contributed by atoms with Gasteiger partial charge < -0.3 is 5.32 Å². The SMILES string of the molecule is O=C(NCc1ccc(Cl)cc1Cl)c1ccc(CI)cc1. The number of carbonyl (C=O) groups excluding carboxylic acids is 1. The molecule has 0 heterocycles. The van der Waals surface area contributed by atoms with Crippen LogP contribution in [0.2, 0.25) is 10.0 Å². The number of nitrogens with one attached hydrogen (secondary N) is 1. The predicted molar refractivity (Wildman–Crippen MR) is 91.8 cm³/mol. The Labute approximate surface area is 141 Å². The average molecular weight is 420 g/mol. The first-order valence-corrected chi connectivity index (χ1v) is 8.25. The first kappa shape index (κ1) is 15.6. The molecule has 0 radical (unpaired) electrons. The van der Waals surface area contributed by atoms with E-state index in [1.807, 2.05) is 30.3 Å². The third kappa shape index (κ3) is 4.11. The standard InChI is InChI=1S/C15H12Cl2INO/c16-13-6-5-12(14(17)7-13)9-19-15(20)11-3-1-10(8-18)2-4-11/h1-7H,8-9H2,(H,19,20). The van der Waals surface area contributed by atoms with Crippen LogP contribution in [0, 0.1) is 0 Å². The molecule has 5 heteroatoms. The molecular weight excluding hydrogens is 408 g/mol. The highest BCUT2D eigenvalue weighted by molar-refractivity contribution is 14.1. The number of halogens is 3. The molecule has 20 heavy (non-hydrogen) atoms. The van der Waals surface area contributed by atoms with E-state index in [-0.39, 0.29) is 5.91 Å². The number of rotatable bonds is 4. The predicted octanol–water partition coefficient (Wildman–Crippen LogP) is 4.86. The van der Waals surface area contributed by atoms with Gasteiger partial charge in [0.25, 0.3) is 5.91 Å². The van der Waals surface area contributed by atoms with Gasteiger partial charge in [-0.2, -0.15) is 0 Å². The van der Waals surface area contributed by atoms with Crippen LogP contribution in [0.4, 0.5) is 0 Å². The van der Waals surface area contributed by atoms with E-state index in [9.17, 15) is 4.79 Å². The second-order valence-corrected chi connectivity index (χ2v) is 5.86. The zero-order chi connectivity index (χ0) is 14.5. The lowest BCUT2D eigenvalue weighted by molar-refractivity contribution is 0.0951. The van der Waals surface area contributed by atoms with Crippen LogP contribution >= 0.6 is 45.8 Å². The summed E-state index contributed by atoms with van der Waals surface area (Å²) in [6.45, 7) is 0.378. The number of benzene rings is 2. The topological polar surface area (TPSA) is 29.1 Å². The number of amides is 1. The molecule has 2 nitrogen and oxygen atoms in total. The van der Waals surface area contributed by atoms with Gasteiger partial charge in [-0.1, -0.05) is 64.0 Å². The van der Waals surface area contributed by atoms with Gasteiger partial charge in [0.15, 0.2) is 0 Å². The van der Waals surface area contributed by atoms with Gasteiger partial charge >= 0.3 is 0 Å². The third-order valence-electron chi connectivity index (χ3n) is 2.82. The highest BCUT2D eigenvalue weighted by atomic mass is 127. The Balaban J connectivity index is 2.00. The third-order valence-corrected chi connectivity index (χ3v) is 4.29. The second-order valence-electron chi connectivity index (χ2n) is 4.25. The first-order chi connectivity index (χ1) is 9.60. The van der Waals surface area contributed by atoms with E-state index >= 15 is 0 Å². The average Bonchev–Trinajstić information content (AvgIpc) is 2.46. The number of hydrogen-bond acceptors (Lipinski definition) is 1. The number of hydrogen-bond donors (Lipinski definition) is 1. The summed E-state index contributed by atoms with van der Waals surface area (Å²) in [5, 5.41) is 3.98. The minimum atomic E-state index is -0.115. The Morgan fingerprint density at radius 1 is 1.10 bits per heavy atom.